The Bertz CT molecular complexity index is 507. The zero-order valence-electron chi connectivity index (χ0n) is 11.5. The average molecular weight is 280 g/mol. The zero-order chi connectivity index (χ0) is 13.5. The Hall–Kier alpha value is -1.06. The maximum Gasteiger partial charge on any atom is 0.0841 e. The number of fused-ring (bicyclic) bond motifs is 1. The van der Waals surface area contributed by atoms with Crippen LogP contribution in [0.2, 0.25) is 0 Å². The van der Waals surface area contributed by atoms with Crippen LogP contribution in [0.1, 0.15) is 31.4 Å². The molecule has 2 rings (SSSR count). The summed E-state index contributed by atoms with van der Waals surface area (Å²) in [6, 6.07) is 8.37. The summed E-state index contributed by atoms with van der Waals surface area (Å²) in [6.45, 7) is 1.89. The molecule has 0 aliphatic rings. The average Bonchev–Trinajstić information content (AvgIpc) is 2.75. The van der Waals surface area contributed by atoms with Crippen LogP contribution in [0, 0.1) is 0 Å². The van der Waals surface area contributed by atoms with Crippen molar-refractivity contribution in [3.05, 3.63) is 30.0 Å². The predicted molar refractivity (Wildman–Crippen MR) is 81.6 cm³/mol. The fraction of sp³-hybridized carbons (Fsp3) is 0.533. The lowest BCUT2D eigenvalue weighted by Gasteiger charge is -2.02. The molecule has 1 heterocycles. The van der Waals surface area contributed by atoms with Gasteiger partial charge in [0.05, 0.1) is 11.2 Å². The minimum Gasteiger partial charge on any atom is -0.311 e. The number of hydrogen-bond donors (Lipinski definition) is 1. The molecule has 0 bridgehead atoms. The van der Waals surface area contributed by atoms with E-state index in [0.29, 0.717) is 0 Å². The molecule has 4 heteroatoms. The Kier molecular flexibility index (Phi) is 5.67. The molecule has 1 aromatic carbocycles. The van der Waals surface area contributed by atoms with Crippen molar-refractivity contribution in [1.82, 2.24) is 15.1 Å². The normalized spacial score (nSPS) is 11.3. The van der Waals surface area contributed by atoms with Crippen molar-refractivity contribution >= 4 is 22.5 Å². The highest BCUT2D eigenvalue weighted by atomic mass is 35.5. The van der Waals surface area contributed by atoms with E-state index in [1.54, 1.807) is 0 Å². The highest BCUT2D eigenvalue weighted by Crippen LogP contribution is 2.16. The molecule has 0 atom stereocenters. The Morgan fingerprint density at radius 2 is 1.95 bits per heavy atom. The first-order chi connectivity index (χ1) is 9.33. The lowest BCUT2D eigenvalue weighted by atomic mass is 10.2. The molecule has 0 fully saturated rings. The van der Waals surface area contributed by atoms with Crippen LogP contribution >= 0.6 is 11.6 Å². The number of rotatable bonds is 8. The fourth-order valence-corrected chi connectivity index (χ4v) is 2.51. The summed E-state index contributed by atoms with van der Waals surface area (Å²) in [6.07, 6.45) is 4.83. The van der Waals surface area contributed by atoms with E-state index in [4.69, 9.17) is 11.6 Å². The number of hydrogen-bond acceptors (Lipinski definition) is 2. The van der Waals surface area contributed by atoms with Crippen LogP contribution in [0.25, 0.3) is 10.9 Å². The molecule has 0 aliphatic heterocycles. The first-order valence-corrected chi connectivity index (χ1v) is 7.53. The highest BCUT2D eigenvalue weighted by molar-refractivity contribution is 6.17. The van der Waals surface area contributed by atoms with Crippen molar-refractivity contribution < 1.29 is 0 Å². The lowest BCUT2D eigenvalue weighted by molar-refractivity contribution is 0.591. The van der Waals surface area contributed by atoms with E-state index in [-0.39, 0.29) is 0 Å². The van der Waals surface area contributed by atoms with E-state index in [2.05, 4.69) is 34.7 Å². The first-order valence-electron chi connectivity index (χ1n) is 7.00. The van der Waals surface area contributed by atoms with E-state index in [1.807, 2.05) is 11.7 Å². The summed E-state index contributed by atoms with van der Waals surface area (Å²) in [7, 11) is 2.00. The largest absolute Gasteiger partial charge is 0.311 e. The maximum atomic E-state index is 5.65. The van der Waals surface area contributed by atoms with E-state index in [0.717, 1.165) is 31.1 Å². The van der Waals surface area contributed by atoms with Gasteiger partial charge in [0.2, 0.25) is 0 Å². The standard InChI is InChI=1S/C15H22ClN3/c1-19-15-9-5-4-8-13(15)14(18-19)12-17-11-7-3-2-6-10-16/h4-5,8-9,17H,2-3,6-7,10-12H2,1H3. The van der Waals surface area contributed by atoms with Gasteiger partial charge in [-0.25, -0.2) is 0 Å². The van der Waals surface area contributed by atoms with Gasteiger partial charge in [-0.2, -0.15) is 5.10 Å². The van der Waals surface area contributed by atoms with E-state index >= 15 is 0 Å². The predicted octanol–water partition coefficient (Wildman–Crippen LogP) is 3.46. The smallest absolute Gasteiger partial charge is 0.0841 e. The number of halogens is 1. The van der Waals surface area contributed by atoms with Crippen molar-refractivity contribution in [1.29, 1.82) is 0 Å². The molecular formula is C15H22ClN3. The summed E-state index contributed by atoms with van der Waals surface area (Å²) in [5, 5.41) is 9.30. The summed E-state index contributed by atoms with van der Waals surface area (Å²) < 4.78 is 1.95. The van der Waals surface area contributed by atoms with Gasteiger partial charge in [0.1, 0.15) is 0 Å². The molecule has 2 aromatic rings. The molecule has 3 nitrogen and oxygen atoms in total. The second-order valence-corrected chi connectivity index (χ2v) is 5.25. The quantitative estimate of drug-likeness (QED) is 0.592. The molecule has 1 aromatic heterocycles. The van der Waals surface area contributed by atoms with Gasteiger partial charge in [0, 0.05) is 24.9 Å². The van der Waals surface area contributed by atoms with Crippen molar-refractivity contribution in [2.75, 3.05) is 12.4 Å². The number of nitrogens with zero attached hydrogens (tertiary/aromatic N) is 2. The Labute approximate surface area is 119 Å². The summed E-state index contributed by atoms with van der Waals surface area (Å²) in [5.74, 6) is 0.785. The van der Waals surface area contributed by atoms with Crippen molar-refractivity contribution in [2.45, 2.75) is 32.2 Å². The molecule has 0 aliphatic carbocycles. The molecule has 0 saturated heterocycles. The maximum absolute atomic E-state index is 5.65. The zero-order valence-corrected chi connectivity index (χ0v) is 12.3. The molecule has 0 saturated carbocycles. The van der Waals surface area contributed by atoms with Crippen LogP contribution < -0.4 is 5.32 Å². The topological polar surface area (TPSA) is 29.9 Å². The molecule has 0 radical (unpaired) electrons. The molecule has 0 spiro atoms. The molecule has 104 valence electrons. The van der Waals surface area contributed by atoms with Crippen LogP contribution in [0.3, 0.4) is 0 Å². The van der Waals surface area contributed by atoms with Gasteiger partial charge in [-0.05, 0) is 25.5 Å². The Morgan fingerprint density at radius 1 is 1.16 bits per heavy atom. The third kappa shape index (κ3) is 3.95. The fourth-order valence-electron chi connectivity index (χ4n) is 2.32. The van der Waals surface area contributed by atoms with Gasteiger partial charge in [0.15, 0.2) is 0 Å². The number of nitrogens with one attached hydrogen (secondary N) is 1. The van der Waals surface area contributed by atoms with Crippen LogP contribution in [0.15, 0.2) is 24.3 Å². The van der Waals surface area contributed by atoms with Gasteiger partial charge in [-0.3, -0.25) is 4.68 Å². The van der Waals surface area contributed by atoms with Gasteiger partial charge in [-0.1, -0.05) is 31.0 Å². The van der Waals surface area contributed by atoms with E-state index < -0.39 is 0 Å². The van der Waals surface area contributed by atoms with Gasteiger partial charge in [-0.15, -0.1) is 11.6 Å². The van der Waals surface area contributed by atoms with Gasteiger partial charge < -0.3 is 5.32 Å². The minimum atomic E-state index is 0.785. The van der Waals surface area contributed by atoms with Crippen LogP contribution in [0.4, 0.5) is 0 Å². The molecule has 0 amide bonds. The summed E-state index contributed by atoms with van der Waals surface area (Å²) in [4.78, 5) is 0. The van der Waals surface area contributed by atoms with Gasteiger partial charge in [0.25, 0.3) is 0 Å². The lowest BCUT2D eigenvalue weighted by Crippen LogP contribution is -2.15. The summed E-state index contributed by atoms with van der Waals surface area (Å²) >= 11 is 5.65. The number of benzene rings is 1. The second kappa shape index (κ2) is 7.51. The van der Waals surface area contributed by atoms with Crippen molar-refractivity contribution in [3.8, 4) is 0 Å². The number of alkyl halides is 1. The SMILES string of the molecule is Cn1nc(CNCCCCCCCl)c2ccccc21. The monoisotopic (exact) mass is 279 g/mol. The van der Waals surface area contributed by atoms with Crippen molar-refractivity contribution in [3.63, 3.8) is 0 Å². The molecule has 0 unspecified atom stereocenters. The number of aromatic nitrogens is 2. The summed E-state index contributed by atoms with van der Waals surface area (Å²) in [5.41, 5.74) is 2.33. The Morgan fingerprint density at radius 3 is 2.79 bits per heavy atom. The third-order valence-electron chi connectivity index (χ3n) is 3.36. The number of aryl methyl sites for hydroxylation is 1. The first kappa shape index (κ1) is 14.4. The molecule has 19 heavy (non-hydrogen) atoms. The minimum absolute atomic E-state index is 0.785. The second-order valence-electron chi connectivity index (χ2n) is 4.87. The van der Waals surface area contributed by atoms with Crippen LogP contribution in [-0.4, -0.2) is 22.2 Å². The third-order valence-corrected chi connectivity index (χ3v) is 3.63. The molecule has 1 N–H and O–H groups in total. The molecular weight excluding hydrogens is 258 g/mol. The van der Waals surface area contributed by atoms with Gasteiger partial charge >= 0.3 is 0 Å². The van der Waals surface area contributed by atoms with Crippen LogP contribution in [-0.2, 0) is 13.6 Å². The van der Waals surface area contributed by atoms with E-state index in [9.17, 15) is 0 Å². The van der Waals surface area contributed by atoms with Crippen molar-refractivity contribution in [2.24, 2.45) is 7.05 Å². The number of unbranched alkanes of at least 4 members (excludes halogenated alkanes) is 3. The highest BCUT2D eigenvalue weighted by Gasteiger charge is 2.06. The Balaban J connectivity index is 1.79. The van der Waals surface area contributed by atoms with E-state index in [1.165, 1.54) is 30.2 Å². The van der Waals surface area contributed by atoms with Crippen LogP contribution in [0.5, 0.6) is 0 Å². The number of para-hydroxylation sites is 1.